The molecule has 13 heavy (non-hydrogen) atoms. The molecule has 0 aromatic carbocycles. The lowest BCUT2D eigenvalue weighted by atomic mass is 10.1. The number of ether oxygens (including phenoxy) is 1. The fourth-order valence-electron chi connectivity index (χ4n) is 1.51. The molecule has 1 rings (SSSR count). The van der Waals surface area contributed by atoms with E-state index in [4.69, 9.17) is 9.84 Å². The molecule has 0 saturated heterocycles. The van der Waals surface area contributed by atoms with Crippen LogP contribution in [0.1, 0.15) is 20.3 Å². The SMILES string of the molecule is CC1(C)CC1CNCCOCCO. The summed E-state index contributed by atoms with van der Waals surface area (Å²) in [5.74, 6) is 0.852. The van der Waals surface area contributed by atoms with Crippen molar-refractivity contribution in [2.75, 3.05) is 32.9 Å². The Morgan fingerprint density at radius 2 is 2.15 bits per heavy atom. The van der Waals surface area contributed by atoms with Gasteiger partial charge < -0.3 is 15.2 Å². The highest BCUT2D eigenvalue weighted by molar-refractivity contribution is 4.95. The Labute approximate surface area is 80.5 Å². The van der Waals surface area contributed by atoms with Crippen molar-refractivity contribution in [3.8, 4) is 0 Å². The van der Waals surface area contributed by atoms with Gasteiger partial charge in [0.15, 0.2) is 0 Å². The second-order valence-corrected chi connectivity index (χ2v) is 4.43. The fourth-order valence-corrected chi connectivity index (χ4v) is 1.51. The maximum absolute atomic E-state index is 8.44. The van der Waals surface area contributed by atoms with E-state index in [1.807, 2.05) is 0 Å². The van der Waals surface area contributed by atoms with Crippen LogP contribution >= 0.6 is 0 Å². The predicted molar refractivity (Wildman–Crippen MR) is 52.7 cm³/mol. The summed E-state index contributed by atoms with van der Waals surface area (Å²) in [5, 5.41) is 11.8. The molecule has 0 heterocycles. The lowest BCUT2D eigenvalue weighted by molar-refractivity contribution is 0.0937. The number of rotatable bonds is 7. The highest BCUT2D eigenvalue weighted by Gasteiger charge is 2.44. The monoisotopic (exact) mass is 187 g/mol. The summed E-state index contributed by atoms with van der Waals surface area (Å²) in [5.41, 5.74) is 0.568. The van der Waals surface area contributed by atoms with Crippen molar-refractivity contribution in [1.29, 1.82) is 0 Å². The molecule has 78 valence electrons. The quantitative estimate of drug-likeness (QED) is 0.574. The minimum absolute atomic E-state index is 0.121. The maximum atomic E-state index is 8.44. The molecular weight excluding hydrogens is 166 g/mol. The zero-order valence-electron chi connectivity index (χ0n) is 8.68. The smallest absolute Gasteiger partial charge is 0.0698 e. The molecule has 2 N–H and O–H groups in total. The first-order valence-electron chi connectivity index (χ1n) is 5.06. The molecule has 0 spiro atoms. The Morgan fingerprint density at radius 3 is 2.69 bits per heavy atom. The number of hydrogen-bond acceptors (Lipinski definition) is 3. The average Bonchev–Trinajstić information content (AvgIpc) is 2.67. The van der Waals surface area contributed by atoms with Crippen LogP contribution in [0, 0.1) is 11.3 Å². The minimum atomic E-state index is 0.121. The van der Waals surface area contributed by atoms with Crippen LogP contribution in [0.25, 0.3) is 0 Å². The van der Waals surface area contributed by atoms with E-state index in [2.05, 4.69) is 19.2 Å². The minimum Gasteiger partial charge on any atom is -0.394 e. The number of aliphatic hydroxyl groups is 1. The van der Waals surface area contributed by atoms with Gasteiger partial charge in [0, 0.05) is 6.54 Å². The predicted octanol–water partition coefficient (Wildman–Crippen LogP) is 0.631. The molecule has 0 radical (unpaired) electrons. The summed E-state index contributed by atoms with van der Waals surface area (Å²) >= 11 is 0. The molecule has 1 fully saturated rings. The van der Waals surface area contributed by atoms with Gasteiger partial charge >= 0.3 is 0 Å². The van der Waals surface area contributed by atoms with Crippen molar-refractivity contribution >= 4 is 0 Å². The molecule has 3 nitrogen and oxygen atoms in total. The Hall–Kier alpha value is -0.120. The largest absolute Gasteiger partial charge is 0.394 e. The van der Waals surface area contributed by atoms with Gasteiger partial charge in [-0.1, -0.05) is 13.8 Å². The number of hydrogen-bond donors (Lipinski definition) is 2. The van der Waals surface area contributed by atoms with Gasteiger partial charge in [-0.2, -0.15) is 0 Å². The summed E-state index contributed by atoms with van der Waals surface area (Å²) in [6.07, 6.45) is 1.34. The Kier molecular flexibility index (Phi) is 4.16. The molecule has 1 atom stereocenters. The normalized spacial score (nSPS) is 24.7. The summed E-state index contributed by atoms with van der Waals surface area (Å²) in [6.45, 7) is 7.89. The molecule has 1 unspecified atom stereocenters. The molecule has 1 saturated carbocycles. The van der Waals surface area contributed by atoms with Gasteiger partial charge in [0.2, 0.25) is 0 Å². The zero-order chi connectivity index (χ0) is 9.73. The highest BCUT2D eigenvalue weighted by atomic mass is 16.5. The first-order chi connectivity index (χ1) is 6.17. The second-order valence-electron chi connectivity index (χ2n) is 4.43. The van der Waals surface area contributed by atoms with Crippen LogP contribution in [0.15, 0.2) is 0 Å². The third-order valence-corrected chi connectivity index (χ3v) is 2.77. The molecule has 0 aliphatic heterocycles. The van der Waals surface area contributed by atoms with E-state index in [0.717, 1.165) is 19.0 Å². The Morgan fingerprint density at radius 1 is 1.46 bits per heavy atom. The van der Waals surface area contributed by atoms with Gasteiger partial charge in [-0.3, -0.25) is 0 Å². The third kappa shape index (κ3) is 4.07. The van der Waals surface area contributed by atoms with E-state index in [9.17, 15) is 0 Å². The van der Waals surface area contributed by atoms with Crippen LogP contribution in [0.2, 0.25) is 0 Å². The first kappa shape index (κ1) is 11.0. The second kappa shape index (κ2) is 4.94. The summed E-state index contributed by atoms with van der Waals surface area (Å²) < 4.78 is 5.12. The van der Waals surface area contributed by atoms with Crippen LogP contribution in [0.5, 0.6) is 0 Å². The van der Waals surface area contributed by atoms with Crippen LogP contribution in [-0.2, 0) is 4.74 Å². The maximum Gasteiger partial charge on any atom is 0.0698 e. The van der Waals surface area contributed by atoms with E-state index in [-0.39, 0.29) is 6.61 Å². The van der Waals surface area contributed by atoms with Crippen LogP contribution in [0.4, 0.5) is 0 Å². The van der Waals surface area contributed by atoms with Gasteiger partial charge in [-0.15, -0.1) is 0 Å². The van der Waals surface area contributed by atoms with E-state index in [1.54, 1.807) is 0 Å². The van der Waals surface area contributed by atoms with E-state index < -0.39 is 0 Å². The van der Waals surface area contributed by atoms with Crippen LogP contribution < -0.4 is 5.32 Å². The topological polar surface area (TPSA) is 41.5 Å². The lowest BCUT2D eigenvalue weighted by Crippen LogP contribution is -2.23. The van der Waals surface area contributed by atoms with Crippen molar-refractivity contribution in [2.45, 2.75) is 20.3 Å². The average molecular weight is 187 g/mol. The molecule has 0 aromatic rings. The van der Waals surface area contributed by atoms with Gasteiger partial charge in [-0.05, 0) is 24.3 Å². The fraction of sp³-hybridized carbons (Fsp3) is 1.00. The molecule has 0 bridgehead atoms. The number of aliphatic hydroxyl groups excluding tert-OH is 1. The van der Waals surface area contributed by atoms with Crippen molar-refractivity contribution in [1.82, 2.24) is 5.32 Å². The van der Waals surface area contributed by atoms with Gasteiger partial charge in [0.05, 0.1) is 19.8 Å². The van der Waals surface area contributed by atoms with E-state index in [1.165, 1.54) is 6.42 Å². The molecule has 3 heteroatoms. The highest BCUT2D eigenvalue weighted by Crippen LogP contribution is 2.50. The number of nitrogens with one attached hydrogen (secondary N) is 1. The summed E-state index contributed by atoms with van der Waals surface area (Å²) in [4.78, 5) is 0. The van der Waals surface area contributed by atoms with Crippen molar-refractivity contribution in [3.63, 3.8) is 0 Å². The van der Waals surface area contributed by atoms with Gasteiger partial charge in [0.25, 0.3) is 0 Å². The van der Waals surface area contributed by atoms with Gasteiger partial charge in [0.1, 0.15) is 0 Å². The van der Waals surface area contributed by atoms with Gasteiger partial charge in [-0.25, -0.2) is 0 Å². The molecular formula is C10H21NO2. The molecule has 0 aromatic heterocycles. The van der Waals surface area contributed by atoms with Crippen LogP contribution in [-0.4, -0.2) is 38.0 Å². The lowest BCUT2D eigenvalue weighted by Gasteiger charge is -2.06. The van der Waals surface area contributed by atoms with Crippen LogP contribution in [0.3, 0.4) is 0 Å². The summed E-state index contributed by atoms with van der Waals surface area (Å²) in [7, 11) is 0. The zero-order valence-corrected chi connectivity index (χ0v) is 8.68. The standard InChI is InChI=1S/C10H21NO2/c1-10(2)7-9(10)8-11-3-5-13-6-4-12/h9,11-12H,3-8H2,1-2H3. The third-order valence-electron chi connectivity index (χ3n) is 2.77. The van der Waals surface area contributed by atoms with E-state index in [0.29, 0.717) is 18.6 Å². The van der Waals surface area contributed by atoms with Crippen molar-refractivity contribution < 1.29 is 9.84 Å². The van der Waals surface area contributed by atoms with Crippen molar-refractivity contribution in [2.24, 2.45) is 11.3 Å². The molecule has 0 amide bonds. The first-order valence-corrected chi connectivity index (χ1v) is 5.06. The van der Waals surface area contributed by atoms with E-state index >= 15 is 0 Å². The van der Waals surface area contributed by atoms with Crippen molar-refractivity contribution in [3.05, 3.63) is 0 Å². The summed E-state index contributed by atoms with van der Waals surface area (Å²) in [6, 6.07) is 0. The Bertz CT molecular complexity index is 148. The molecule has 1 aliphatic rings. The Balaban J connectivity index is 1.80. The molecule has 1 aliphatic carbocycles.